The van der Waals surface area contributed by atoms with Crippen molar-refractivity contribution >= 4 is 22.8 Å². The monoisotopic (exact) mass is 357 g/mol. The molecular weight excluding hydrogens is 334 g/mol. The van der Waals surface area contributed by atoms with Crippen LogP contribution in [0.2, 0.25) is 0 Å². The van der Waals surface area contributed by atoms with E-state index >= 15 is 0 Å². The Balaban J connectivity index is 1.64. The lowest BCUT2D eigenvalue weighted by atomic mass is 10.2. The maximum Gasteiger partial charge on any atom is 0.326 e. The van der Waals surface area contributed by atoms with Crippen molar-refractivity contribution in [3.8, 4) is 0 Å². The number of aromatic nitrogens is 2. The molecule has 1 saturated heterocycles. The predicted octanol–water partition coefficient (Wildman–Crippen LogP) is 1.73. The van der Waals surface area contributed by atoms with Crippen LogP contribution in [-0.4, -0.2) is 45.5 Å². The minimum Gasteiger partial charge on any atom is -0.451 e. The van der Waals surface area contributed by atoms with E-state index in [4.69, 9.17) is 4.74 Å². The third kappa shape index (κ3) is 4.09. The van der Waals surface area contributed by atoms with Gasteiger partial charge >= 0.3 is 5.97 Å². The normalized spacial score (nSPS) is 16.1. The molecular formula is C19H23N3O4. The number of carbonyl (C=O) groups is 2. The van der Waals surface area contributed by atoms with Gasteiger partial charge in [-0.05, 0) is 31.9 Å². The first-order chi connectivity index (χ1) is 12.6. The Morgan fingerprint density at radius 1 is 1.15 bits per heavy atom. The molecule has 0 N–H and O–H groups in total. The van der Waals surface area contributed by atoms with Gasteiger partial charge in [-0.15, -0.1) is 0 Å². The van der Waals surface area contributed by atoms with Crippen LogP contribution in [-0.2, 0) is 20.9 Å². The topological polar surface area (TPSA) is 81.5 Å². The summed E-state index contributed by atoms with van der Waals surface area (Å²) < 4.78 is 6.46. The number of hydrogen-bond acceptors (Lipinski definition) is 5. The average molecular weight is 357 g/mol. The van der Waals surface area contributed by atoms with Gasteiger partial charge in [-0.2, -0.15) is 0 Å². The average Bonchev–Trinajstić information content (AvgIpc) is 2.93. The molecule has 1 aliphatic rings. The third-order valence-corrected chi connectivity index (χ3v) is 4.60. The molecule has 0 spiro atoms. The summed E-state index contributed by atoms with van der Waals surface area (Å²) in [5.41, 5.74) is 0.269. The van der Waals surface area contributed by atoms with Crippen LogP contribution in [0.5, 0.6) is 0 Å². The molecule has 138 valence electrons. The molecule has 0 aliphatic carbocycles. The van der Waals surface area contributed by atoms with Crippen molar-refractivity contribution in [3.63, 3.8) is 0 Å². The van der Waals surface area contributed by atoms with E-state index in [-0.39, 0.29) is 18.0 Å². The van der Waals surface area contributed by atoms with Gasteiger partial charge in [-0.3, -0.25) is 19.0 Å². The molecule has 7 heteroatoms. The number of fused-ring (bicyclic) bond motifs is 1. The molecule has 3 rings (SSSR count). The largest absolute Gasteiger partial charge is 0.451 e. The number of hydrogen-bond donors (Lipinski definition) is 0. The Labute approximate surface area is 151 Å². The molecule has 0 bridgehead atoms. The first-order valence-corrected chi connectivity index (χ1v) is 8.99. The van der Waals surface area contributed by atoms with Crippen LogP contribution in [0.4, 0.5) is 0 Å². The number of esters is 1. The van der Waals surface area contributed by atoms with Crippen molar-refractivity contribution in [2.45, 2.75) is 45.3 Å². The number of likely N-dealkylation sites (tertiary alicyclic amines) is 1. The molecule has 2 aromatic rings. The van der Waals surface area contributed by atoms with Crippen molar-refractivity contribution in [2.75, 3.05) is 13.1 Å². The molecule has 1 atom stereocenters. The minimum absolute atomic E-state index is 0.177. The van der Waals surface area contributed by atoms with E-state index in [0.717, 1.165) is 25.7 Å². The zero-order chi connectivity index (χ0) is 18.5. The van der Waals surface area contributed by atoms with E-state index in [0.29, 0.717) is 24.0 Å². The van der Waals surface area contributed by atoms with Gasteiger partial charge in [-0.1, -0.05) is 25.0 Å². The molecule has 1 fully saturated rings. The zero-order valence-electron chi connectivity index (χ0n) is 14.9. The number of carbonyl (C=O) groups excluding carboxylic acids is 2. The van der Waals surface area contributed by atoms with Crippen molar-refractivity contribution in [3.05, 3.63) is 40.9 Å². The number of ether oxygens (including phenoxy) is 1. The van der Waals surface area contributed by atoms with E-state index in [1.165, 1.54) is 10.9 Å². The van der Waals surface area contributed by atoms with Crippen LogP contribution in [0, 0.1) is 0 Å². The van der Waals surface area contributed by atoms with Gasteiger partial charge in [0, 0.05) is 13.1 Å². The number of rotatable bonds is 4. The van der Waals surface area contributed by atoms with Crippen LogP contribution >= 0.6 is 0 Å². The highest BCUT2D eigenvalue weighted by Gasteiger charge is 2.24. The fraction of sp³-hybridized carbons (Fsp3) is 0.474. The second kappa shape index (κ2) is 8.12. The van der Waals surface area contributed by atoms with Gasteiger partial charge in [0.1, 0.15) is 6.54 Å². The fourth-order valence-electron chi connectivity index (χ4n) is 3.19. The Kier molecular flexibility index (Phi) is 5.65. The molecule has 2 heterocycles. The minimum atomic E-state index is -0.857. The molecule has 1 aromatic carbocycles. The second-order valence-corrected chi connectivity index (χ2v) is 6.57. The predicted molar refractivity (Wildman–Crippen MR) is 96.6 cm³/mol. The summed E-state index contributed by atoms with van der Waals surface area (Å²) in [5, 5.41) is 0.441. The van der Waals surface area contributed by atoms with Gasteiger partial charge in [0.2, 0.25) is 0 Å². The van der Waals surface area contributed by atoms with Gasteiger partial charge in [-0.25, -0.2) is 4.98 Å². The SMILES string of the molecule is CC(OC(=O)Cn1cnc2ccccc2c1=O)C(=O)N1CCCCCC1. The van der Waals surface area contributed by atoms with E-state index in [9.17, 15) is 14.4 Å². The number of nitrogens with zero attached hydrogens (tertiary/aromatic N) is 3. The summed E-state index contributed by atoms with van der Waals surface area (Å²) in [4.78, 5) is 43.0. The summed E-state index contributed by atoms with van der Waals surface area (Å²) in [6, 6.07) is 6.94. The second-order valence-electron chi connectivity index (χ2n) is 6.57. The molecule has 0 saturated carbocycles. The highest BCUT2D eigenvalue weighted by atomic mass is 16.5. The maximum absolute atomic E-state index is 12.4. The highest BCUT2D eigenvalue weighted by Crippen LogP contribution is 2.12. The maximum atomic E-state index is 12.4. The van der Waals surface area contributed by atoms with Crippen LogP contribution in [0.1, 0.15) is 32.6 Å². The highest BCUT2D eigenvalue weighted by molar-refractivity contribution is 5.83. The van der Waals surface area contributed by atoms with Crippen LogP contribution in [0.25, 0.3) is 10.9 Å². The summed E-state index contributed by atoms with van der Waals surface area (Å²) in [7, 11) is 0. The summed E-state index contributed by atoms with van der Waals surface area (Å²) >= 11 is 0. The Morgan fingerprint density at radius 3 is 2.58 bits per heavy atom. The Bertz CT molecular complexity index is 853. The van der Waals surface area contributed by atoms with E-state index in [1.54, 1.807) is 36.1 Å². The van der Waals surface area contributed by atoms with Crippen molar-refractivity contribution in [1.82, 2.24) is 14.5 Å². The lowest BCUT2D eigenvalue weighted by Crippen LogP contribution is -2.41. The van der Waals surface area contributed by atoms with Crippen LogP contribution in [0.15, 0.2) is 35.4 Å². The van der Waals surface area contributed by atoms with Gasteiger partial charge in [0.15, 0.2) is 6.10 Å². The van der Waals surface area contributed by atoms with Gasteiger partial charge in [0.05, 0.1) is 17.2 Å². The molecule has 0 radical (unpaired) electrons. The fourth-order valence-corrected chi connectivity index (χ4v) is 3.19. The molecule has 1 unspecified atom stereocenters. The lowest BCUT2D eigenvalue weighted by Gasteiger charge is -2.24. The molecule has 26 heavy (non-hydrogen) atoms. The standard InChI is InChI=1S/C19H23N3O4/c1-14(18(24)21-10-6-2-3-7-11-21)26-17(23)12-22-13-20-16-9-5-4-8-15(16)19(22)25/h4-5,8-9,13-14H,2-3,6-7,10-12H2,1H3. The lowest BCUT2D eigenvalue weighted by molar-refractivity contribution is -0.159. The van der Waals surface area contributed by atoms with E-state index < -0.39 is 12.1 Å². The molecule has 1 amide bonds. The van der Waals surface area contributed by atoms with E-state index in [2.05, 4.69) is 4.98 Å². The van der Waals surface area contributed by atoms with Crippen molar-refractivity contribution in [2.24, 2.45) is 0 Å². The molecule has 1 aliphatic heterocycles. The smallest absolute Gasteiger partial charge is 0.326 e. The van der Waals surface area contributed by atoms with Crippen molar-refractivity contribution < 1.29 is 14.3 Å². The molecule has 7 nitrogen and oxygen atoms in total. The third-order valence-electron chi connectivity index (χ3n) is 4.60. The first kappa shape index (κ1) is 18.1. The Hall–Kier alpha value is -2.70. The first-order valence-electron chi connectivity index (χ1n) is 8.99. The van der Waals surface area contributed by atoms with Crippen molar-refractivity contribution in [1.29, 1.82) is 0 Å². The number of benzene rings is 1. The van der Waals surface area contributed by atoms with Gasteiger partial charge < -0.3 is 9.64 Å². The van der Waals surface area contributed by atoms with Crippen LogP contribution in [0.3, 0.4) is 0 Å². The summed E-state index contributed by atoms with van der Waals surface area (Å²) in [6.07, 6.45) is 4.67. The Morgan fingerprint density at radius 2 is 1.85 bits per heavy atom. The summed E-state index contributed by atoms with van der Waals surface area (Å²) in [6.45, 7) is 2.71. The summed E-state index contributed by atoms with van der Waals surface area (Å²) in [5.74, 6) is -0.802. The number of amides is 1. The number of para-hydroxylation sites is 1. The van der Waals surface area contributed by atoms with Crippen LogP contribution < -0.4 is 5.56 Å². The quantitative estimate of drug-likeness (QED) is 0.779. The molecule has 1 aromatic heterocycles. The van der Waals surface area contributed by atoms with Gasteiger partial charge in [0.25, 0.3) is 11.5 Å². The van der Waals surface area contributed by atoms with E-state index in [1.807, 2.05) is 0 Å². The zero-order valence-corrected chi connectivity index (χ0v) is 14.9.